The second-order valence-corrected chi connectivity index (χ2v) is 5.62. The molecule has 2 N–H and O–H groups in total. The number of amides is 2. The molecule has 0 aliphatic heterocycles. The Balaban J connectivity index is 1.51. The van der Waals surface area contributed by atoms with Crippen LogP contribution in [0.25, 0.3) is 10.8 Å². The number of hydrazine groups is 1. The summed E-state index contributed by atoms with van der Waals surface area (Å²) in [5, 5.41) is 1.84. The third-order valence-corrected chi connectivity index (χ3v) is 3.75. The van der Waals surface area contributed by atoms with Gasteiger partial charge in [0.2, 0.25) is 0 Å². The molecule has 0 spiro atoms. The maximum atomic E-state index is 13.5. The number of esters is 1. The summed E-state index contributed by atoms with van der Waals surface area (Å²) in [4.78, 5) is 35.6. The fraction of sp³-hybridized carbons (Fsp3) is 0.0500. The van der Waals surface area contributed by atoms with Crippen molar-refractivity contribution in [2.45, 2.75) is 0 Å². The van der Waals surface area contributed by atoms with Crippen molar-refractivity contribution in [2.24, 2.45) is 0 Å². The van der Waals surface area contributed by atoms with Crippen LogP contribution in [0, 0.1) is 5.82 Å². The lowest BCUT2D eigenvalue weighted by molar-refractivity contribution is -0.125. The average molecular weight is 366 g/mol. The van der Waals surface area contributed by atoms with Gasteiger partial charge in [0.1, 0.15) is 5.82 Å². The van der Waals surface area contributed by atoms with Gasteiger partial charge in [-0.3, -0.25) is 20.4 Å². The summed E-state index contributed by atoms with van der Waals surface area (Å²) in [5.41, 5.74) is 4.21. The molecule has 3 aromatic rings. The van der Waals surface area contributed by atoms with Gasteiger partial charge in [-0.05, 0) is 35.0 Å². The Hall–Kier alpha value is -3.74. The van der Waals surface area contributed by atoms with Crippen LogP contribution in [0.4, 0.5) is 4.39 Å². The van der Waals surface area contributed by atoms with E-state index in [0.29, 0.717) is 5.56 Å². The molecule has 2 amide bonds. The largest absolute Gasteiger partial charge is 0.452 e. The van der Waals surface area contributed by atoms with E-state index in [4.69, 9.17) is 4.74 Å². The molecule has 0 saturated carbocycles. The number of benzene rings is 3. The summed E-state index contributed by atoms with van der Waals surface area (Å²) in [6.45, 7) is -0.594. The highest BCUT2D eigenvalue weighted by molar-refractivity contribution is 5.97. The first kappa shape index (κ1) is 18.1. The number of hydrogen-bond acceptors (Lipinski definition) is 4. The van der Waals surface area contributed by atoms with E-state index in [0.717, 1.165) is 16.8 Å². The Bertz CT molecular complexity index is 1020. The average Bonchev–Trinajstić information content (AvgIpc) is 2.70. The maximum Gasteiger partial charge on any atom is 0.338 e. The van der Waals surface area contributed by atoms with Gasteiger partial charge in [-0.25, -0.2) is 9.18 Å². The zero-order chi connectivity index (χ0) is 19.2. The fourth-order valence-electron chi connectivity index (χ4n) is 2.41. The van der Waals surface area contributed by atoms with E-state index < -0.39 is 30.2 Å². The fourth-order valence-corrected chi connectivity index (χ4v) is 2.41. The van der Waals surface area contributed by atoms with E-state index in [2.05, 4.69) is 10.9 Å². The van der Waals surface area contributed by atoms with Crippen molar-refractivity contribution in [1.29, 1.82) is 0 Å². The Kier molecular flexibility index (Phi) is 5.41. The Morgan fingerprint density at radius 1 is 0.852 bits per heavy atom. The Morgan fingerprint density at radius 2 is 1.56 bits per heavy atom. The second-order valence-electron chi connectivity index (χ2n) is 5.62. The maximum absolute atomic E-state index is 13.5. The van der Waals surface area contributed by atoms with E-state index in [1.165, 1.54) is 18.2 Å². The minimum Gasteiger partial charge on any atom is -0.452 e. The molecule has 0 radical (unpaired) electrons. The zero-order valence-electron chi connectivity index (χ0n) is 14.1. The van der Waals surface area contributed by atoms with Crippen molar-refractivity contribution in [3.8, 4) is 0 Å². The molecule has 6 nitrogen and oxygen atoms in total. The van der Waals surface area contributed by atoms with Crippen LogP contribution in [-0.2, 0) is 9.53 Å². The molecular formula is C20H15FN2O4. The van der Waals surface area contributed by atoms with Gasteiger partial charge in [0.05, 0.1) is 11.1 Å². The second kappa shape index (κ2) is 8.09. The predicted octanol–water partition coefficient (Wildman–Crippen LogP) is 2.60. The molecule has 0 fully saturated rings. The first-order chi connectivity index (χ1) is 13.0. The van der Waals surface area contributed by atoms with Crippen molar-refractivity contribution >= 4 is 28.6 Å². The van der Waals surface area contributed by atoms with Gasteiger partial charge < -0.3 is 4.74 Å². The third kappa shape index (κ3) is 4.46. The minimum atomic E-state index is -0.817. The summed E-state index contributed by atoms with van der Waals surface area (Å²) in [6.07, 6.45) is 0. The van der Waals surface area contributed by atoms with Crippen molar-refractivity contribution in [3.05, 3.63) is 83.7 Å². The summed E-state index contributed by atoms with van der Waals surface area (Å²) in [7, 11) is 0. The van der Waals surface area contributed by atoms with Crippen molar-refractivity contribution in [1.82, 2.24) is 10.9 Å². The zero-order valence-corrected chi connectivity index (χ0v) is 14.1. The van der Waals surface area contributed by atoms with Gasteiger partial charge in [0.15, 0.2) is 6.61 Å². The van der Waals surface area contributed by atoms with Crippen LogP contribution in [0.1, 0.15) is 20.7 Å². The SMILES string of the molecule is O=C(COC(=O)c1ccc2ccccc2c1)NNC(=O)c1ccccc1F. The summed E-state index contributed by atoms with van der Waals surface area (Å²) < 4.78 is 18.4. The molecule has 136 valence electrons. The minimum absolute atomic E-state index is 0.217. The first-order valence-electron chi connectivity index (χ1n) is 8.04. The van der Waals surface area contributed by atoms with Crippen LogP contribution in [-0.4, -0.2) is 24.4 Å². The van der Waals surface area contributed by atoms with Crippen LogP contribution in [0.5, 0.6) is 0 Å². The lowest BCUT2D eigenvalue weighted by Crippen LogP contribution is -2.43. The van der Waals surface area contributed by atoms with Crippen LogP contribution in [0.2, 0.25) is 0 Å². The molecule has 0 aromatic heterocycles. The highest BCUT2D eigenvalue weighted by Gasteiger charge is 2.13. The molecule has 27 heavy (non-hydrogen) atoms. The van der Waals surface area contributed by atoms with Gasteiger partial charge in [-0.15, -0.1) is 0 Å². The molecule has 0 aliphatic carbocycles. The predicted molar refractivity (Wildman–Crippen MR) is 96.2 cm³/mol. The quantitative estimate of drug-likeness (QED) is 0.549. The highest BCUT2D eigenvalue weighted by atomic mass is 19.1. The van der Waals surface area contributed by atoms with Crippen molar-refractivity contribution in [2.75, 3.05) is 6.61 Å². The molecule has 0 aliphatic rings. The Morgan fingerprint density at radius 3 is 2.33 bits per heavy atom. The smallest absolute Gasteiger partial charge is 0.338 e. The topological polar surface area (TPSA) is 84.5 Å². The first-order valence-corrected chi connectivity index (χ1v) is 8.04. The molecule has 3 rings (SSSR count). The molecule has 0 atom stereocenters. The van der Waals surface area contributed by atoms with Crippen molar-refractivity contribution < 1.29 is 23.5 Å². The number of fused-ring (bicyclic) bond motifs is 1. The highest BCUT2D eigenvalue weighted by Crippen LogP contribution is 2.16. The van der Waals surface area contributed by atoms with Gasteiger partial charge in [-0.2, -0.15) is 0 Å². The number of ether oxygens (including phenoxy) is 1. The number of carbonyl (C=O) groups is 3. The van der Waals surface area contributed by atoms with Gasteiger partial charge in [0.25, 0.3) is 11.8 Å². The van der Waals surface area contributed by atoms with Crippen molar-refractivity contribution in [3.63, 3.8) is 0 Å². The summed E-state index contributed by atoms with van der Waals surface area (Å²) in [6, 6.07) is 17.9. The number of halogens is 1. The molecule has 0 heterocycles. The van der Waals surface area contributed by atoms with Crippen LogP contribution < -0.4 is 10.9 Å². The van der Waals surface area contributed by atoms with Gasteiger partial charge in [0, 0.05) is 0 Å². The monoisotopic (exact) mass is 366 g/mol. The number of nitrogens with one attached hydrogen (secondary N) is 2. The van der Waals surface area contributed by atoms with Gasteiger partial charge in [-0.1, -0.05) is 42.5 Å². The molecule has 3 aromatic carbocycles. The molecule has 0 saturated heterocycles. The standard InChI is InChI=1S/C20H15FN2O4/c21-17-8-4-3-7-16(17)19(25)23-22-18(24)12-27-20(26)15-10-9-13-5-1-2-6-14(13)11-15/h1-11H,12H2,(H,22,24)(H,23,25). The summed E-state index contributed by atoms with van der Waals surface area (Å²) >= 11 is 0. The third-order valence-electron chi connectivity index (χ3n) is 3.75. The summed E-state index contributed by atoms with van der Waals surface area (Å²) in [5.74, 6) is -2.96. The van der Waals surface area contributed by atoms with E-state index >= 15 is 0 Å². The van der Waals surface area contributed by atoms with E-state index in [1.807, 2.05) is 24.3 Å². The normalized spacial score (nSPS) is 10.3. The van der Waals surface area contributed by atoms with E-state index in [1.54, 1.807) is 18.2 Å². The van der Waals surface area contributed by atoms with E-state index in [-0.39, 0.29) is 5.56 Å². The number of rotatable bonds is 4. The Labute approximate surface area is 153 Å². The molecule has 7 heteroatoms. The van der Waals surface area contributed by atoms with Crippen LogP contribution >= 0.6 is 0 Å². The molecular weight excluding hydrogens is 351 g/mol. The van der Waals surface area contributed by atoms with E-state index in [9.17, 15) is 18.8 Å². The van der Waals surface area contributed by atoms with Crippen LogP contribution in [0.3, 0.4) is 0 Å². The molecule has 0 unspecified atom stereocenters. The number of hydrogen-bond donors (Lipinski definition) is 2. The lowest BCUT2D eigenvalue weighted by atomic mass is 10.1. The lowest BCUT2D eigenvalue weighted by Gasteiger charge is -2.09. The van der Waals surface area contributed by atoms with Crippen LogP contribution in [0.15, 0.2) is 66.7 Å². The van der Waals surface area contributed by atoms with Gasteiger partial charge >= 0.3 is 5.97 Å². The number of carbonyl (C=O) groups excluding carboxylic acids is 3. The molecule has 0 bridgehead atoms.